The quantitative estimate of drug-likeness (QED) is 0.855. The smallest absolute Gasteiger partial charge is 0.163 e. The fourth-order valence-electron chi connectivity index (χ4n) is 3.66. The van der Waals surface area contributed by atoms with Gasteiger partial charge < -0.3 is 14.8 Å². The van der Waals surface area contributed by atoms with Crippen molar-refractivity contribution < 1.29 is 9.47 Å². The maximum absolute atomic E-state index is 5.63. The average molecular weight is 332 g/mol. The number of hydrogen-bond donors (Lipinski definition) is 1. The summed E-state index contributed by atoms with van der Waals surface area (Å²) in [6, 6.07) is 0.429. The van der Waals surface area contributed by atoms with Gasteiger partial charge in [0, 0.05) is 45.2 Å². The van der Waals surface area contributed by atoms with Crippen LogP contribution in [0.3, 0.4) is 0 Å². The average Bonchev–Trinajstić information content (AvgIpc) is 3.27. The lowest BCUT2D eigenvalue weighted by Gasteiger charge is -2.37. The van der Waals surface area contributed by atoms with Crippen molar-refractivity contribution in [2.75, 3.05) is 51.4 Å². The van der Waals surface area contributed by atoms with E-state index in [1.807, 2.05) is 13.2 Å². The van der Waals surface area contributed by atoms with Crippen molar-refractivity contribution in [1.82, 2.24) is 24.6 Å². The lowest BCUT2D eigenvalue weighted by molar-refractivity contribution is 0.00460. The molecule has 0 radical (unpaired) electrons. The van der Waals surface area contributed by atoms with Crippen molar-refractivity contribution in [2.24, 2.45) is 13.0 Å². The summed E-state index contributed by atoms with van der Waals surface area (Å²) in [5.74, 6) is 1.41. The number of aromatic nitrogens is 4. The second-order valence-electron chi connectivity index (χ2n) is 6.45. The summed E-state index contributed by atoms with van der Waals surface area (Å²) in [4.78, 5) is 11.2. The van der Waals surface area contributed by atoms with Gasteiger partial charge in [-0.1, -0.05) is 0 Å². The van der Waals surface area contributed by atoms with E-state index in [1.54, 1.807) is 11.0 Å². The van der Waals surface area contributed by atoms with Gasteiger partial charge in [-0.05, 0) is 6.42 Å². The molecule has 0 aliphatic carbocycles. The van der Waals surface area contributed by atoms with E-state index in [0.29, 0.717) is 12.0 Å². The number of nitrogens with one attached hydrogen (secondary N) is 1. The predicted molar refractivity (Wildman–Crippen MR) is 89.9 cm³/mol. The highest BCUT2D eigenvalue weighted by Gasteiger charge is 2.31. The molecule has 1 N–H and O–H groups in total. The number of fused-ring (bicyclic) bond motifs is 1. The van der Waals surface area contributed by atoms with Crippen molar-refractivity contribution >= 4 is 16.9 Å². The molecule has 0 unspecified atom stereocenters. The molecule has 2 saturated heterocycles. The van der Waals surface area contributed by atoms with Crippen LogP contribution in [0.2, 0.25) is 0 Å². The van der Waals surface area contributed by atoms with Gasteiger partial charge in [-0.2, -0.15) is 5.10 Å². The Morgan fingerprint density at radius 2 is 2.12 bits per heavy atom. The molecule has 0 spiro atoms. The Labute approximate surface area is 141 Å². The van der Waals surface area contributed by atoms with E-state index in [2.05, 4.69) is 25.3 Å². The molecule has 0 aromatic carbocycles. The lowest BCUT2D eigenvalue weighted by atomic mass is 9.97. The summed E-state index contributed by atoms with van der Waals surface area (Å²) in [6.07, 6.45) is 4.53. The second-order valence-corrected chi connectivity index (χ2v) is 6.45. The van der Waals surface area contributed by atoms with E-state index in [0.717, 1.165) is 69.3 Å². The molecule has 0 amide bonds. The third kappa shape index (κ3) is 3.09. The Bertz CT molecular complexity index is 678. The molecule has 8 nitrogen and oxygen atoms in total. The first-order chi connectivity index (χ1) is 11.8. The molecule has 0 bridgehead atoms. The normalized spacial score (nSPS) is 23.6. The van der Waals surface area contributed by atoms with E-state index < -0.39 is 0 Å². The van der Waals surface area contributed by atoms with Gasteiger partial charge in [-0.3, -0.25) is 9.58 Å². The van der Waals surface area contributed by atoms with Crippen LogP contribution in [-0.2, 0) is 16.5 Å². The van der Waals surface area contributed by atoms with Crippen LogP contribution in [0.5, 0.6) is 0 Å². The molecule has 8 heteroatoms. The first kappa shape index (κ1) is 15.7. The molecule has 2 fully saturated rings. The van der Waals surface area contributed by atoms with Crippen LogP contribution in [0.15, 0.2) is 12.5 Å². The molecular weight excluding hydrogens is 308 g/mol. The molecule has 2 aliphatic heterocycles. The molecule has 2 aromatic rings. The minimum atomic E-state index is 0.429. The molecule has 2 aliphatic rings. The Morgan fingerprint density at radius 1 is 1.25 bits per heavy atom. The SMILES string of the molecule is Cn1ncc2c(NC[C@H]([C@H]3CCOC3)N3CCOCC3)ncnc21. The van der Waals surface area contributed by atoms with Crippen molar-refractivity contribution in [3.63, 3.8) is 0 Å². The van der Waals surface area contributed by atoms with E-state index in [9.17, 15) is 0 Å². The summed E-state index contributed by atoms with van der Waals surface area (Å²) in [5.41, 5.74) is 0.847. The van der Waals surface area contributed by atoms with Crippen LogP contribution in [0.25, 0.3) is 11.0 Å². The molecule has 130 valence electrons. The van der Waals surface area contributed by atoms with Crippen LogP contribution in [0, 0.1) is 5.92 Å². The van der Waals surface area contributed by atoms with Gasteiger partial charge in [0.05, 0.1) is 31.4 Å². The monoisotopic (exact) mass is 332 g/mol. The third-order valence-corrected chi connectivity index (χ3v) is 5.03. The van der Waals surface area contributed by atoms with E-state index >= 15 is 0 Å². The fourth-order valence-corrected chi connectivity index (χ4v) is 3.66. The molecular formula is C16H24N6O2. The van der Waals surface area contributed by atoms with Gasteiger partial charge in [0.2, 0.25) is 0 Å². The number of hydrogen-bond acceptors (Lipinski definition) is 7. The minimum absolute atomic E-state index is 0.429. The first-order valence-corrected chi connectivity index (χ1v) is 8.59. The summed E-state index contributed by atoms with van der Waals surface area (Å²) in [6.45, 7) is 6.13. The number of aryl methyl sites for hydroxylation is 1. The second kappa shape index (κ2) is 7.00. The molecule has 0 saturated carbocycles. The zero-order valence-corrected chi connectivity index (χ0v) is 14.0. The molecule has 2 atom stereocenters. The number of rotatable bonds is 5. The van der Waals surface area contributed by atoms with Gasteiger partial charge in [0.25, 0.3) is 0 Å². The zero-order valence-electron chi connectivity index (χ0n) is 14.0. The topological polar surface area (TPSA) is 77.3 Å². The fraction of sp³-hybridized carbons (Fsp3) is 0.688. The Balaban J connectivity index is 1.51. The Morgan fingerprint density at radius 3 is 2.92 bits per heavy atom. The molecule has 2 aromatic heterocycles. The van der Waals surface area contributed by atoms with Gasteiger partial charge in [0.1, 0.15) is 12.1 Å². The van der Waals surface area contributed by atoms with Crippen LogP contribution in [0.1, 0.15) is 6.42 Å². The van der Waals surface area contributed by atoms with Gasteiger partial charge in [0.15, 0.2) is 5.65 Å². The Hall–Kier alpha value is -1.77. The zero-order chi connectivity index (χ0) is 16.4. The summed E-state index contributed by atoms with van der Waals surface area (Å²) < 4.78 is 12.9. The number of nitrogens with zero attached hydrogens (tertiary/aromatic N) is 5. The van der Waals surface area contributed by atoms with Crippen LogP contribution < -0.4 is 5.32 Å². The van der Waals surface area contributed by atoms with Crippen molar-refractivity contribution in [1.29, 1.82) is 0 Å². The van der Waals surface area contributed by atoms with E-state index in [1.165, 1.54) is 0 Å². The highest BCUT2D eigenvalue weighted by molar-refractivity contribution is 5.85. The molecule has 4 rings (SSSR count). The lowest BCUT2D eigenvalue weighted by Crippen LogP contribution is -2.50. The first-order valence-electron chi connectivity index (χ1n) is 8.59. The highest BCUT2D eigenvalue weighted by Crippen LogP contribution is 2.24. The number of anilines is 1. The van der Waals surface area contributed by atoms with E-state index in [4.69, 9.17) is 9.47 Å². The van der Waals surface area contributed by atoms with Gasteiger partial charge >= 0.3 is 0 Å². The van der Waals surface area contributed by atoms with Crippen LogP contribution >= 0.6 is 0 Å². The summed E-state index contributed by atoms with van der Waals surface area (Å²) in [7, 11) is 1.89. The minimum Gasteiger partial charge on any atom is -0.381 e. The third-order valence-electron chi connectivity index (χ3n) is 5.03. The van der Waals surface area contributed by atoms with Crippen LogP contribution in [0.4, 0.5) is 5.82 Å². The Kier molecular flexibility index (Phi) is 4.59. The maximum atomic E-state index is 5.63. The summed E-state index contributed by atoms with van der Waals surface area (Å²) >= 11 is 0. The maximum Gasteiger partial charge on any atom is 0.163 e. The summed E-state index contributed by atoms with van der Waals surface area (Å²) in [5, 5.41) is 8.77. The van der Waals surface area contributed by atoms with E-state index in [-0.39, 0.29) is 0 Å². The van der Waals surface area contributed by atoms with Gasteiger partial charge in [-0.25, -0.2) is 9.97 Å². The van der Waals surface area contributed by atoms with Crippen molar-refractivity contribution in [3.05, 3.63) is 12.5 Å². The van der Waals surface area contributed by atoms with Crippen molar-refractivity contribution in [3.8, 4) is 0 Å². The van der Waals surface area contributed by atoms with Crippen molar-refractivity contribution in [2.45, 2.75) is 12.5 Å². The molecule has 4 heterocycles. The molecule has 24 heavy (non-hydrogen) atoms. The van der Waals surface area contributed by atoms with Crippen LogP contribution in [-0.4, -0.2) is 76.8 Å². The standard InChI is InChI=1S/C16H24N6O2/c1-21-16-13(8-20-21)15(18-11-19-16)17-9-14(12-2-5-24-10-12)22-3-6-23-7-4-22/h8,11-12,14H,2-7,9-10H2,1H3,(H,17,18,19)/t12-,14+/m0/s1. The number of ether oxygens (including phenoxy) is 2. The largest absolute Gasteiger partial charge is 0.381 e. The number of morpholine rings is 1. The van der Waals surface area contributed by atoms with Gasteiger partial charge in [-0.15, -0.1) is 0 Å². The highest BCUT2D eigenvalue weighted by atomic mass is 16.5. The predicted octanol–water partition coefficient (Wildman–Crippen LogP) is 0.513.